The second kappa shape index (κ2) is 8.08. The van der Waals surface area contributed by atoms with Gasteiger partial charge in [0.1, 0.15) is 0 Å². The molecule has 0 aliphatic heterocycles. The fourth-order valence-electron chi connectivity index (χ4n) is 2.52. The van der Waals surface area contributed by atoms with Crippen LogP contribution in [-0.2, 0) is 10.5 Å². The van der Waals surface area contributed by atoms with Crippen LogP contribution in [0.2, 0.25) is 0 Å². The highest BCUT2D eigenvalue weighted by Crippen LogP contribution is 2.18. The molecule has 0 spiro atoms. The van der Waals surface area contributed by atoms with Gasteiger partial charge in [-0.1, -0.05) is 31.4 Å². The maximum absolute atomic E-state index is 11.8. The lowest BCUT2D eigenvalue weighted by molar-refractivity contribution is -0.119. The number of hydrogen-bond acceptors (Lipinski definition) is 3. The zero-order valence-corrected chi connectivity index (χ0v) is 12.8. The molecule has 0 atom stereocenters. The topological polar surface area (TPSA) is 66.4 Å². The number of hydrogen-bond donors (Lipinski definition) is 2. The smallest absolute Gasteiger partial charge is 0.335 e. The van der Waals surface area contributed by atoms with Crippen LogP contribution in [0.15, 0.2) is 24.3 Å². The molecular formula is C16H21NO3S. The minimum Gasteiger partial charge on any atom is -0.478 e. The van der Waals surface area contributed by atoms with Crippen molar-refractivity contribution >= 4 is 23.6 Å². The van der Waals surface area contributed by atoms with Crippen LogP contribution in [0.1, 0.15) is 48.0 Å². The molecule has 0 saturated heterocycles. The number of thioether (sulfide) groups is 1. The Morgan fingerprint density at radius 2 is 1.81 bits per heavy atom. The summed E-state index contributed by atoms with van der Waals surface area (Å²) in [4.78, 5) is 22.6. The van der Waals surface area contributed by atoms with E-state index in [4.69, 9.17) is 5.11 Å². The summed E-state index contributed by atoms with van der Waals surface area (Å²) < 4.78 is 0. The Bertz CT molecular complexity index is 481. The Hall–Kier alpha value is -1.49. The van der Waals surface area contributed by atoms with Gasteiger partial charge in [0.2, 0.25) is 5.91 Å². The third-order valence-electron chi connectivity index (χ3n) is 3.67. The first kappa shape index (κ1) is 15.9. The van der Waals surface area contributed by atoms with Crippen LogP contribution in [0.4, 0.5) is 0 Å². The van der Waals surface area contributed by atoms with Gasteiger partial charge < -0.3 is 10.4 Å². The second-order valence-electron chi connectivity index (χ2n) is 5.40. The number of carboxylic acid groups (broad SMARTS) is 1. The average Bonchev–Trinajstić information content (AvgIpc) is 2.49. The Balaban J connectivity index is 1.68. The number of rotatable bonds is 6. The van der Waals surface area contributed by atoms with Gasteiger partial charge in [-0.05, 0) is 30.5 Å². The summed E-state index contributed by atoms with van der Waals surface area (Å²) in [6.07, 6.45) is 5.93. The van der Waals surface area contributed by atoms with Crippen molar-refractivity contribution in [1.82, 2.24) is 5.32 Å². The number of nitrogens with one attached hydrogen (secondary N) is 1. The summed E-state index contributed by atoms with van der Waals surface area (Å²) in [5.74, 6) is 0.366. The molecule has 2 N–H and O–H groups in total. The summed E-state index contributed by atoms with van der Waals surface area (Å²) in [7, 11) is 0. The molecule has 1 fully saturated rings. The average molecular weight is 307 g/mol. The molecule has 1 aromatic rings. The van der Waals surface area contributed by atoms with E-state index < -0.39 is 5.97 Å². The number of carbonyl (C=O) groups is 2. The summed E-state index contributed by atoms with van der Waals surface area (Å²) in [5.41, 5.74) is 1.33. The summed E-state index contributed by atoms with van der Waals surface area (Å²) >= 11 is 1.56. The molecule has 21 heavy (non-hydrogen) atoms. The van der Waals surface area contributed by atoms with Gasteiger partial charge in [0, 0.05) is 11.8 Å². The van der Waals surface area contributed by atoms with E-state index in [0.29, 0.717) is 17.4 Å². The van der Waals surface area contributed by atoms with E-state index in [1.165, 1.54) is 19.3 Å². The monoisotopic (exact) mass is 307 g/mol. The summed E-state index contributed by atoms with van der Waals surface area (Å²) in [5, 5.41) is 11.9. The van der Waals surface area contributed by atoms with Gasteiger partial charge >= 0.3 is 5.97 Å². The predicted molar refractivity (Wildman–Crippen MR) is 84.6 cm³/mol. The van der Waals surface area contributed by atoms with E-state index in [0.717, 1.165) is 24.2 Å². The zero-order valence-electron chi connectivity index (χ0n) is 12.0. The van der Waals surface area contributed by atoms with Crippen molar-refractivity contribution < 1.29 is 14.7 Å². The molecule has 1 aliphatic rings. The van der Waals surface area contributed by atoms with Crippen LogP contribution in [0.3, 0.4) is 0 Å². The minimum atomic E-state index is -0.916. The molecule has 0 bridgehead atoms. The molecule has 4 nitrogen and oxygen atoms in total. The Morgan fingerprint density at radius 3 is 2.43 bits per heavy atom. The van der Waals surface area contributed by atoms with Crippen molar-refractivity contribution in [3.8, 4) is 0 Å². The molecule has 1 amide bonds. The highest BCUT2D eigenvalue weighted by Gasteiger charge is 2.15. The van der Waals surface area contributed by atoms with Crippen molar-refractivity contribution in [2.45, 2.75) is 43.9 Å². The van der Waals surface area contributed by atoms with Crippen LogP contribution in [0, 0.1) is 0 Å². The molecule has 1 saturated carbocycles. The molecule has 1 aromatic carbocycles. The van der Waals surface area contributed by atoms with Gasteiger partial charge in [-0.3, -0.25) is 4.79 Å². The van der Waals surface area contributed by atoms with Gasteiger partial charge in [0.15, 0.2) is 0 Å². The molecule has 0 radical (unpaired) electrons. The van der Waals surface area contributed by atoms with Crippen LogP contribution in [0.25, 0.3) is 0 Å². The predicted octanol–water partition coefficient (Wildman–Crippen LogP) is 3.07. The second-order valence-corrected chi connectivity index (χ2v) is 6.38. The van der Waals surface area contributed by atoms with Gasteiger partial charge in [-0.15, -0.1) is 11.8 Å². The normalized spacial score (nSPS) is 15.6. The van der Waals surface area contributed by atoms with Crippen molar-refractivity contribution in [3.63, 3.8) is 0 Å². The Labute approximate surface area is 129 Å². The van der Waals surface area contributed by atoms with Crippen molar-refractivity contribution in [1.29, 1.82) is 0 Å². The maximum atomic E-state index is 11.8. The highest BCUT2D eigenvalue weighted by atomic mass is 32.2. The van der Waals surface area contributed by atoms with E-state index in [1.54, 1.807) is 36.0 Å². The first-order valence-electron chi connectivity index (χ1n) is 7.34. The summed E-state index contributed by atoms with van der Waals surface area (Å²) in [6, 6.07) is 7.16. The van der Waals surface area contributed by atoms with E-state index >= 15 is 0 Å². The lowest BCUT2D eigenvalue weighted by Crippen LogP contribution is -2.37. The first-order valence-corrected chi connectivity index (χ1v) is 8.50. The van der Waals surface area contributed by atoms with Crippen molar-refractivity contribution in [2.75, 3.05) is 5.75 Å². The Morgan fingerprint density at radius 1 is 1.14 bits per heavy atom. The van der Waals surface area contributed by atoms with Gasteiger partial charge in [-0.2, -0.15) is 0 Å². The SMILES string of the molecule is O=C(CSCc1ccc(C(=O)O)cc1)NC1CCCCC1. The third kappa shape index (κ3) is 5.42. The van der Waals surface area contributed by atoms with Crippen LogP contribution >= 0.6 is 11.8 Å². The van der Waals surface area contributed by atoms with E-state index in [-0.39, 0.29) is 5.91 Å². The van der Waals surface area contributed by atoms with Crippen LogP contribution in [0.5, 0.6) is 0 Å². The largest absolute Gasteiger partial charge is 0.478 e. The van der Waals surface area contributed by atoms with E-state index in [2.05, 4.69) is 5.32 Å². The molecule has 0 unspecified atom stereocenters. The molecule has 2 rings (SSSR count). The Kier molecular flexibility index (Phi) is 6.11. The van der Waals surface area contributed by atoms with Gasteiger partial charge in [-0.25, -0.2) is 4.79 Å². The summed E-state index contributed by atoms with van der Waals surface area (Å²) in [6.45, 7) is 0. The van der Waals surface area contributed by atoms with E-state index in [9.17, 15) is 9.59 Å². The maximum Gasteiger partial charge on any atom is 0.335 e. The molecule has 0 heterocycles. The molecule has 0 aromatic heterocycles. The lowest BCUT2D eigenvalue weighted by Gasteiger charge is -2.22. The number of amides is 1. The molecule has 1 aliphatic carbocycles. The number of aromatic carboxylic acids is 1. The quantitative estimate of drug-likeness (QED) is 0.847. The van der Waals surface area contributed by atoms with Crippen LogP contribution < -0.4 is 5.32 Å². The number of carbonyl (C=O) groups excluding carboxylic acids is 1. The van der Waals surface area contributed by atoms with Crippen LogP contribution in [-0.4, -0.2) is 28.8 Å². The fourth-order valence-corrected chi connectivity index (χ4v) is 3.32. The molecule has 5 heteroatoms. The standard InChI is InChI=1S/C16H21NO3S/c18-15(17-14-4-2-1-3-5-14)11-21-10-12-6-8-13(9-7-12)16(19)20/h6-9,14H,1-5,10-11H2,(H,17,18)(H,19,20). The number of carboxylic acids is 1. The van der Waals surface area contributed by atoms with E-state index in [1.807, 2.05) is 0 Å². The zero-order chi connectivity index (χ0) is 15.1. The first-order chi connectivity index (χ1) is 10.1. The molecule has 114 valence electrons. The number of benzene rings is 1. The third-order valence-corrected chi connectivity index (χ3v) is 4.68. The van der Waals surface area contributed by atoms with Crippen molar-refractivity contribution in [3.05, 3.63) is 35.4 Å². The fraction of sp³-hybridized carbons (Fsp3) is 0.500. The van der Waals surface area contributed by atoms with Gasteiger partial charge in [0.05, 0.1) is 11.3 Å². The highest BCUT2D eigenvalue weighted by molar-refractivity contribution is 7.99. The molecular weight excluding hydrogens is 286 g/mol. The van der Waals surface area contributed by atoms with Crippen molar-refractivity contribution in [2.24, 2.45) is 0 Å². The minimum absolute atomic E-state index is 0.106. The lowest BCUT2D eigenvalue weighted by atomic mass is 9.95. The van der Waals surface area contributed by atoms with Gasteiger partial charge in [0.25, 0.3) is 0 Å².